The van der Waals surface area contributed by atoms with Crippen molar-refractivity contribution in [3.05, 3.63) is 17.5 Å². The summed E-state index contributed by atoms with van der Waals surface area (Å²) in [4.78, 5) is 0. The van der Waals surface area contributed by atoms with Crippen molar-refractivity contribution >= 4 is 23.5 Å². The van der Waals surface area contributed by atoms with Crippen LogP contribution in [0.2, 0.25) is 0 Å². The third-order valence-corrected chi connectivity index (χ3v) is 7.33. The van der Waals surface area contributed by atoms with Crippen molar-refractivity contribution in [2.24, 2.45) is 12.9 Å². The van der Waals surface area contributed by atoms with Crippen LogP contribution in [0.15, 0.2) is 6.07 Å². The van der Waals surface area contributed by atoms with E-state index < -0.39 is 0 Å². The largest absolute Gasteiger partial charge is 0.272 e. The summed E-state index contributed by atoms with van der Waals surface area (Å²) in [6.45, 7) is 4.43. The molecular weight excluding hydrogens is 288 g/mol. The van der Waals surface area contributed by atoms with Gasteiger partial charge in [0.1, 0.15) is 0 Å². The summed E-state index contributed by atoms with van der Waals surface area (Å²) in [5.41, 5.74) is 5.50. The molecule has 0 aliphatic carbocycles. The molecule has 1 aliphatic rings. The molecular formula is C14H26N4S2. The van der Waals surface area contributed by atoms with E-state index in [1.165, 1.54) is 23.6 Å². The monoisotopic (exact) mass is 314 g/mol. The van der Waals surface area contributed by atoms with Gasteiger partial charge < -0.3 is 0 Å². The number of aryl methyl sites for hydroxylation is 2. The van der Waals surface area contributed by atoms with Crippen LogP contribution < -0.4 is 11.3 Å². The normalized spacial score (nSPS) is 24.8. The number of thioether (sulfide) groups is 2. The number of hydrogen-bond acceptors (Lipinski definition) is 5. The summed E-state index contributed by atoms with van der Waals surface area (Å²) in [7, 11) is 2.03. The van der Waals surface area contributed by atoms with Crippen molar-refractivity contribution in [2.45, 2.75) is 49.7 Å². The van der Waals surface area contributed by atoms with Crippen LogP contribution >= 0.6 is 23.5 Å². The molecule has 1 aromatic rings. The van der Waals surface area contributed by atoms with Crippen molar-refractivity contribution in [2.75, 3.05) is 11.5 Å². The smallest absolute Gasteiger partial charge is 0.0624 e. The maximum absolute atomic E-state index is 5.86. The lowest BCUT2D eigenvalue weighted by molar-refractivity contribution is 0.477. The third-order valence-electron chi connectivity index (χ3n) is 3.92. The fraction of sp³-hybridized carbons (Fsp3) is 0.786. The van der Waals surface area contributed by atoms with Gasteiger partial charge in [-0.15, -0.1) is 0 Å². The van der Waals surface area contributed by atoms with Crippen molar-refractivity contribution < 1.29 is 0 Å². The summed E-state index contributed by atoms with van der Waals surface area (Å²) in [6.07, 6.45) is 3.15. The summed E-state index contributed by atoms with van der Waals surface area (Å²) < 4.78 is 2.00. The highest BCUT2D eigenvalue weighted by molar-refractivity contribution is 8.07. The van der Waals surface area contributed by atoms with E-state index in [2.05, 4.69) is 54.0 Å². The molecule has 1 fully saturated rings. The first-order valence-electron chi connectivity index (χ1n) is 7.40. The van der Waals surface area contributed by atoms with Gasteiger partial charge in [0.15, 0.2) is 0 Å². The topological polar surface area (TPSA) is 55.9 Å². The summed E-state index contributed by atoms with van der Waals surface area (Å²) in [5, 5.41) is 5.83. The molecule has 0 spiro atoms. The van der Waals surface area contributed by atoms with E-state index in [0.29, 0.717) is 16.5 Å². The van der Waals surface area contributed by atoms with E-state index in [1.807, 2.05) is 11.7 Å². The molecule has 2 heterocycles. The minimum atomic E-state index is 0.317. The Balaban J connectivity index is 2.08. The maximum Gasteiger partial charge on any atom is 0.0624 e. The van der Waals surface area contributed by atoms with Gasteiger partial charge >= 0.3 is 0 Å². The second kappa shape index (κ2) is 7.73. The van der Waals surface area contributed by atoms with Crippen LogP contribution in [0.4, 0.5) is 0 Å². The fourth-order valence-electron chi connectivity index (χ4n) is 2.74. The van der Waals surface area contributed by atoms with Gasteiger partial charge in [-0.1, -0.05) is 13.8 Å². The predicted molar refractivity (Wildman–Crippen MR) is 90.2 cm³/mol. The van der Waals surface area contributed by atoms with E-state index in [4.69, 9.17) is 5.84 Å². The fourth-order valence-corrected chi connectivity index (χ4v) is 5.99. The molecule has 3 N–H and O–H groups in total. The molecule has 2 rings (SSSR count). The third kappa shape index (κ3) is 3.72. The maximum atomic E-state index is 5.86. The second-order valence-corrected chi connectivity index (χ2v) is 7.87. The number of nitrogens with zero attached hydrogens (tertiary/aromatic N) is 2. The molecule has 0 saturated carbocycles. The first kappa shape index (κ1) is 16.2. The molecule has 3 unspecified atom stereocenters. The van der Waals surface area contributed by atoms with Crippen molar-refractivity contribution in [3.8, 4) is 0 Å². The molecule has 20 heavy (non-hydrogen) atoms. The van der Waals surface area contributed by atoms with Crippen molar-refractivity contribution in [1.29, 1.82) is 0 Å². The van der Waals surface area contributed by atoms with Crippen LogP contribution in [0.5, 0.6) is 0 Å². The number of nitrogens with one attached hydrogen (secondary N) is 1. The van der Waals surface area contributed by atoms with Gasteiger partial charge in [-0.25, -0.2) is 0 Å². The van der Waals surface area contributed by atoms with Crippen LogP contribution in [-0.4, -0.2) is 37.8 Å². The lowest BCUT2D eigenvalue weighted by Crippen LogP contribution is -2.49. The zero-order valence-corrected chi connectivity index (χ0v) is 14.3. The quantitative estimate of drug-likeness (QED) is 0.621. The second-order valence-electron chi connectivity index (χ2n) is 5.23. The summed E-state index contributed by atoms with van der Waals surface area (Å²) >= 11 is 4.17. The standard InChI is InChI=1S/C14H26N4S2/c1-4-10-8-11(18(3)17-10)9-12(16-15)14-13(5-2)19-6-7-20-14/h8,12-14,16H,4-7,9,15H2,1-3H3. The molecule has 0 bridgehead atoms. The zero-order chi connectivity index (χ0) is 14.5. The number of hydrogen-bond donors (Lipinski definition) is 2. The Morgan fingerprint density at radius 3 is 2.80 bits per heavy atom. The van der Waals surface area contributed by atoms with Crippen molar-refractivity contribution in [3.63, 3.8) is 0 Å². The first-order valence-corrected chi connectivity index (χ1v) is 9.50. The van der Waals surface area contributed by atoms with Crippen LogP contribution in [0, 0.1) is 0 Å². The molecule has 4 nitrogen and oxygen atoms in total. The summed E-state index contributed by atoms with van der Waals surface area (Å²) in [5.74, 6) is 8.35. The Bertz CT molecular complexity index is 421. The highest BCUT2D eigenvalue weighted by atomic mass is 32.2. The Hall–Kier alpha value is -0.170. The molecule has 3 atom stereocenters. The average Bonchev–Trinajstić information content (AvgIpc) is 2.85. The van der Waals surface area contributed by atoms with Gasteiger partial charge in [-0.05, 0) is 18.9 Å². The Labute approximate surface area is 130 Å². The van der Waals surface area contributed by atoms with E-state index in [9.17, 15) is 0 Å². The Kier molecular flexibility index (Phi) is 6.26. The van der Waals surface area contributed by atoms with Gasteiger partial charge in [0.25, 0.3) is 0 Å². The molecule has 0 amide bonds. The number of nitrogens with two attached hydrogens (primary N) is 1. The highest BCUT2D eigenvalue weighted by Gasteiger charge is 2.32. The SMILES string of the molecule is CCc1cc(CC(NN)C2SCCSC2CC)n(C)n1. The molecule has 0 aromatic carbocycles. The zero-order valence-electron chi connectivity index (χ0n) is 12.6. The van der Waals surface area contributed by atoms with Gasteiger partial charge in [0.2, 0.25) is 0 Å². The lowest BCUT2D eigenvalue weighted by Gasteiger charge is -2.35. The highest BCUT2D eigenvalue weighted by Crippen LogP contribution is 2.35. The molecule has 0 radical (unpaired) electrons. The first-order chi connectivity index (χ1) is 9.69. The molecule has 1 aromatic heterocycles. The van der Waals surface area contributed by atoms with Crippen LogP contribution in [-0.2, 0) is 19.9 Å². The van der Waals surface area contributed by atoms with Gasteiger partial charge in [-0.3, -0.25) is 16.0 Å². The molecule has 1 aliphatic heterocycles. The Morgan fingerprint density at radius 1 is 1.45 bits per heavy atom. The van der Waals surface area contributed by atoms with E-state index in [-0.39, 0.29) is 0 Å². The molecule has 1 saturated heterocycles. The predicted octanol–water partition coefficient (Wildman–Crippen LogP) is 1.98. The Morgan fingerprint density at radius 2 is 2.20 bits per heavy atom. The van der Waals surface area contributed by atoms with E-state index in [1.54, 1.807) is 0 Å². The van der Waals surface area contributed by atoms with Crippen molar-refractivity contribution in [1.82, 2.24) is 15.2 Å². The minimum Gasteiger partial charge on any atom is -0.272 e. The lowest BCUT2D eigenvalue weighted by atomic mass is 10.0. The number of rotatable bonds is 6. The molecule has 114 valence electrons. The minimum absolute atomic E-state index is 0.317. The molecule has 6 heteroatoms. The van der Waals surface area contributed by atoms with Gasteiger partial charge in [0, 0.05) is 47.2 Å². The van der Waals surface area contributed by atoms with Crippen LogP contribution in [0.3, 0.4) is 0 Å². The van der Waals surface area contributed by atoms with Crippen LogP contribution in [0.1, 0.15) is 31.7 Å². The number of hydrazine groups is 1. The van der Waals surface area contributed by atoms with E-state index >= 15 is 0 Å². The van der Waals surface area contributed by atoms with E-state index in [0.717, 1.165) is 18.5 Å². The number of aromatic nitrogens is 2. The van der Waals surface area contributed by atoms with Gasteiger partial charge in [-0.2, -0.15) is 28.6 Å². The van der Waals surface area contributed by atoms with Crippen LogP contribution in [0.25, 0.3) is 0 Å². The average molecular weight is 315 g/mol. The van der Waals surface area contributed by atoms with Gasteiger partial charge in [0.05, 0.1) is 5.69 Å². The summed E-state index contributed by atoms with van der Waals surface area (Å²) in [6, 6.07) is 2.53.